The molecule has 27 heavy (non-hydrogen) atoms. The zero-order chi connectivity index (χ0) is 18.9. The van der Waals surface area contributed by atoms with Gasteiger partial charge in [-0.25, -0.2) is 0 Å². The van der Waals surface area contributed by atoms with Gasteiger partial charge in [0.25, 0.3) is 0 Å². The smallest absolute Gasteiger partial charge is 0.143 e. The molecule has 4 atom stereocenters. The number of piperidine rings is 1. The Bertz CT molecular complexity index is 705. The number of nitrogens with zero attached hydrogens (tertiary/aromatic N) is 1. The first-order chi connectivity index (χ1) is 13.0. The van der Waals surface area contributed by atoms with Crippen molar-refractivity contribution in [2.45, 2.75) is 82.5 Å². The highest BCUT2D eigenvalue weighted by atomic mass is 28.3. The maximum absolute atomic E-state index is 6.54. The molecule has 0 N–H and O–H groups in total. The third kappa shape index (κ3) is 4.02. The summed E-state index contributed by atoms with van der Waals surface area (Å²) in [5.74, 6) is 4.14. The summed E-state index contributed by atoms with van der Waals surface area (Å²) in [6, 6.07) is 10.8. The Hall–Kier alpha value is -1.12. The zero-order valence-corrected chi connectivity index (χ0v) is 18.0. The summed E-state index contributed by atoms with van der Waals surface area (Å²) < 4.78 is 6.11. The fourth-order valence-corrected chi connectivity index (χ4v) is 5.75. The van der Waals surface area contributed by atoms with Crippen molar-refractivity contribution in [3.8, 4) is 11.5 Å². The van der Waals surface area contributed by atoms with Gasteiger partial charge in [-0.1, -0.05) is 62.3 Å². The van der Waals surface area contributed by atoms with Gasteiger partial charge in [0.1, 0.15) is 14.2 Å². The van der Waals surface area contributed by atoms with Gasteiger partial charge in [0, 0.05) is 5.92 Å². The minimum atomic E-state index is -1.38. The van der Waals surface area contributed by atoms with E-state index in [0.29, 0.717) is 18.6 Å². The SMILES string of the molecule is C[Si](C)(C)C#C[C@@H]1ON2[C@H](COCc3ccccc3)CCC[C@]23CCC[C@H]13. The fraction of sp³-hybridized carbons (Fsp3) is 0.652. The van der Waals surface area contributed by atoms with E-state index in [2.05, 4.69) is 60.4 Å². The van der Waals surface area contributed by atoms with Crippen LogP contribution in [-0.2, 0) is 16.2 Å². The highest BCUT2D eigenvalue weighted by Gasteiger charge is 2.60. The first-order valence-corrected chi connectivity index (χ1v) is 14.1. The monoisotopic (exact) mass is 383 g/mol. The second-order valence-corrected chi connectivity index (χ2v) is 14.3. The molecular weight excluding hydrogens is 350 g/mol. The number of benzene rings is 1. The number of hydroxylamine groups is 2. The molecule has 1 spiro atoms. The summed E-state index contributed by atoms with van der Waals surface area (Å²) in [5, 5.41) is 2.36. The quantitative estimate of drug-likeness (QED) is 0.551. The molecular formula is C23H33NO2Si. The Balaban J connectivity index is 1.45. The number of ether oxygens (including phenoxy) is 1. The Morgan fingerprint density at radius 1 is 1.15 bits per heavy atom. The first kappa shape index (κ1) is 19.2. The lowest BCUT2D eigenvalue weighted by Crippen LogP contribution is -2.54. The molecule has 3 nitrogen and oxygen atoms in total. The molecule has 1 aromatic carbocycles. The lowest BCUT2D eigenvalue weighted by atomic mass is 9.77. The minimum Gasteiger partial charge on any atom is -0.375 e. The van der Waals surface area contributed by atoms with E-state index in [1.165, 1.54) is 37.7 Å². The van der Waals surface area contributed by atoms with Gasteiger partial charge in [0.15, 0.2) is 0 Å². The predicted octanol–water partition coefficient (Wildman–Crippen LogP) is 4.79. The van der Waals surface area contributed by atoms with Gasteiger partial charge < -0.3 is 4.74 Å². The fourth-order valence-electron chi connectivity index (χ4n) is 5.17. The van der Waals surface area contributed by atoms with Gasteiger partial charge in [-0.2, -0.15) is 5.06 Å². The average Bonchev–Trinajstić information content (AvgIpc) is 3.17. The van der Waals surface area contributed by atoms with Gasteiger partial charge in [0.2, 0.25) is 0 Å². The summed E-state index contributed by atoms with van der Waals surface area (Å²) in [4.78, 5) is 6.54. The van der Waals surface area contributed by atoms with Crippen molar-refractivity contribution in [2.24, 2.45) is 5.92 Å². The molecule has 1 aliphatic carbocycles. The van der Waals surface area contributed by atoms with Gasteiger partial charge >= 0.3 is 0 Å². The van der Waals surface area contributed by atoms with Crippen LogP contribution < -0.4 is 0 Å². The molecule has 3 fully saturated rings. The molecule has 1 saturated carbocycles. The van der Waals surface area contributed by atoms with E-state index in [9.17, 15) is 0 Å². The van der Waals surface area contributed by atoms with Crippen molar-refractivity contribution < 1.29 is 9.57 Å². The lowest BCUT2D eigenvalue weighted by Gasteiger charge is -2.45. The predicted molar refractivity (Wildman–Crippen MR) is 112 cm³/mol. The Morgan fingerprint density at radius 3 is 2.63 bits per heavy atom. The number of hydrogen-bond donors (Lipinski definition) is 0. The van der Waals surface area contributed by atoms with E-state index in [1.54, 1.807) is 0 Å². The van der Waals surface area contributed by atoms with Crippen molar-refractivity contribution in [3.05, 3.63) is 35.9 Å². The topological polar surface area (TPSA) is 21.7 Å². The molecule has 2 saturated heterocycles. The molecule has 0 unspecified atom stereocenters. The zero-order valence-electron chi connectivity index (χ0n) is 17.0. The van der Waals surface area contributed by atoms with Crippen LogP contribution in [0.15, 0.2) is 30.3 Å². The van der Waals surface area contributed by atoms with Crippen molar-refractivity contribution >= 4 is 8.07 Å². The van der Waals surface area contributed by atoms with E-state index < -0.39 is 8.07 Å². The molecule has 0 aromatic heterocycles. The van der Waals surface area contributed by atoms with Crippen molar-refractivity contribution in [1.82, 2.24) is 5.06 Å². The molecule has 2 heterocycles. The molecule has 3 aliphatic rings. The van der Waals surface area contributed by atoms with Crippen LogP contribution in [0.3, 0.4) is 0 Å². The number of hydrogen-bond acceptors (Lipinski definition) is 3. The van der Waals surface area contributed by atoms with Crippen LogP contribution in [0.1, 0.15) is 44.1 Å². The maximum atomic E-state index is 6.54. The highest BCUT2D eigenvalue weighted by molar-refractivity contribution is 6.83. The van der Waals surface area contributed by atoms with E-state index in [1.807, 2.05) is 6.07 Å². The molecule has 2 aliphatic heterocycles. The van der Waals surface area contributed by atoms with Crippen LogP contribution in [-0.4, -0.2) is 37.4 Å². The first-order valence-electron chi connectivity index (χ1n) is 10.6. The van der Waals surface area contributed by atoms with Crippen LogP contribution in [0.5, 0.6) is 0 Å². The van der Waals surface area contributed by atoms with Crippen LogP contribution in [0.25, 0.3) is 0 Å². The maximum Gasteiger partial charge on any atom is 0.143 e. The van der Waals surface area contributed by atoms with Gasteiger partial charge in [-0.05, 0) is 37.7 Å². The summed E-state index contributed by atoms with van der Waals surface area (Å²) in [6.07, 6.45) is 7.64. The van der Waals surface area contributed by atoms with E-state index in [4.69, 9.17) is 9.57 Å². The van der Waals surface area contributed by atoms with E-state index >= 15 is 0 Å². The van der Waals surface area contributed by atoms with E-state index in [-0.39, 0.29) is 11.6 Å². The second-order valence-electron chi connectivity index (χ2n) is 9.52. The van der Waals surface area contributed by atoms with Gasteiger partial charge in [-0.15, -0.1) is 5.54 Å². The Labute approximate surface area is 165 Å². The summed E-state index contributed by atoms with van der Waals surface area (Å²) in [5.41, 5.74) is 5.03. The van der Waals surface area contributed by atoms with Gasteiger partial charge in [-0.3, -0.25) is 4.84 Å². The van der Waals surface area contributed by atoms with E-state index in [0.717, 1.165) is 13.0 Å². The second kappa shape index (κ2) is 7.71. The van der Waals surface area contributed by atoms with Crippen molar-refractivity contribution in [3.63, 3.8) is 0 Å². The average molecular weight is 384 g/mol. The van der Waals surface area contributed by atoms with Crippen molar-refractivity contribution in [2.75, 3.05) is 6.61 Å². The molecule has 1 aromatic rings. The normalized spacial score (nSPS) is 33.2. The minimum absolute atomic E-state index is 0.0916. The van der Waals surface area contributed by atoms with Crippen molar-refractivity contribution in [1.29, 1.82) is 0 Å². The third-order valence-corrected chi connectivity index (χ3v) is 7.23. The summed E-state index contributed by atoms with van der Waals surface area (Å²) in [6.45, 7) is 8.37. The summed E-state index contributed by atoms with van der Waals surface area (Å²) >= 11 is 0. The number of rotatable bonds is 4. The van der Waals surface area contributed by atoms with Crippen LogP contribution in [0, 0.1) is 17.4 Å². The Morgan fingerprint density at radius 2 is 1.89 bits per heavy atom. The molecule has 0 radical (unpaired) electrons. The van der Waals surface area contributed by atoms with Crippen LogP contribution in [0.2, 0.25) is 19.6 Å². The summed E-state index contributed by atoms with van der Waals surface area (Å²) in [7, 11) is -1.38. The third-order valence-electron chi connectivity index (χ3n) is 6.34. The lowest BCUT2D eigenvalue weighted by molar-refractivity contribution is -0.230. The largest absolute Gasteiger partial charge is 0.375 e. The molecule has 4 rings (SSSR count). The molecule has 146 valence electrons. The molecule has 4 heteroatoms. The van der Waals surface area contributed by atoms with Crippen LogP contribution in [0.4, 0.5) is 0 Å². The molecule has 0 bridgehead atoms. The standard InChI is InChI=1S/C23H33NO2Si/c1-27(2,3)16-13-22-21-12-8-15-23(21)14-7-11-20(24(23)26-22)18-25-17-19-9-5-4-6-10-19/h4-6,9-10,20-22H,7-8,11-12,14-15,17-18H2,1-3H3/t20-,21+,22-,23+/m0/s1. The Kier molecular flexibility index (Phi) is 5.49. The highest BCUT2D eigenvalue weighted by Crippen LogP contribution is 2.54. The molecule has 0 amide bonds. The van der Waals surface area contributed by atoms with Gasteiger partial charge in [0.05, 0.1) is 24.8 Å². The van der Waals surface area contributed by atoms with Crippen LogP contribution >= 0.6 is 0 Å².